The maximum absolute atomic E-state index is 5.99. The molecule has 18 heteroatoms. The molecule has 2 aliphatic rings. The minimum absolute atomic E-state index is 0. The van der Waals surface area contributed by atoms with Crippen LogP contribution in [0.3, 0.4) is 0 Å². The SMILES string of the molecule is C.C=COCC.CC(C)OB1OC(C)(C)C(C)(C)O1.CCOC(C)n1cc(B2OC(C)(C)C(C)(C)O2)cn1.CCOC(C)n1cc(I)cn1.Ic1cn[nH]c1. The Balaban J connectivity index is 0.000000711. The van der Waals surface area contributed by atoms with Gasteiger partial charge in [0.05, 0.1) is 54.8 Å². The summed E-state index contributed by atoms with van der Waals surface area (Å²) in [6.07, 6.45) is 12.6. The Morgan fingerprint density at radius 2 is 1.22 bits per heavy atom. The summed E-state index contributed by atoms with van der Waals surface area (Å²) in [6.45, 7) is 35.4. The van der Waals surface area contributed by atoms with Crippen molar-refractivity contribution in [2.75, 3.05) is 19.8 Å². The van der Waals surface area contributed by atoms with E-state index >= 15 is 0 Å². The molecule has 0 saturated carbocycles. The Morgan fingerprint density at radius 3 is 1.55 bits per heavy atom. The standard InChI is InChI=1S/C13H23BN2O3.C9H19BO3.C7H11IN2O.C4H8O.C3H3IN2.CH4/c1-7-17-10(2)16-9-11(8-15-16)14-18-12(3,4)13(5,6)19-14;1-7(2)11-10-12-8(3,4)9(5,6)13-10;1-3-11-6(2)10-5-7(8)4-9-10;1-3-5-4-2;4-3-1-5-6-2-3;/h8-10H,7H2,1-6H3;7H,1-6H3;4-6H,3H2,1-2H3;3H,1,4H2,2H3;1-2H,(H,5,6);1H4. The van der Waals surface area contributed by atoms with Gasteiger partial charge in [0.25, 0.3) is 0 Å². The molecule has 5 heterocycles. The van der Waals surface area contributed by atoms with Crippen molar-refractivity contribution in [3.63, 3.8) is 0 Å². The molecule has 2 aliphatic heterocycles. The van der Waals surface area contributed by atoms with E-state index in [-0.39, 0.29) is 55.5 Å². The number of nitrogens with zero attached hydrogens (tertiary/aromatic N) is 5. The molecule has 0 aromatic carbocycles. The molecule has 0 aliphatic carbocycles. The van der Waals surface area contributed by atoms with E-state index in [2.05, 4.69) is 76.9 Å². The lowest BCUT2D eigenvalue weighted by atomic mass is 9.82. The van der Waals surface area contributed by atoms with Gasteiger partial charge >= 0.3 is 14.4 Å². The summed E-state index contributed by atoms with van der Waals surface area (Å²) in [6, 6.07) is 0. The van der Waals surface area contributed by atoms with Crippen LogP contribution < -0.4 is 5.46 Å². The minimum atomic E-state index is -0.523. The number of aromatic nitrogens is 6. The highest BCUT2D eigenvalue weighted by Crippen LogP contribution is 2.37. The minimum Gasteiger partial charge on any atom is -0.502 e. The molecule has 2 saturated heterocycles. The van der Waals surface area contributed by atoms with Crippen LogP contribution in [0.2, 0.25) is 0 Å². The quantitative estimate of drug-likeness (QED) is 0.112. The molecule has 0 bridgehead atoms. The summed E-state index contributed by atoms with van der Waals surface area (Å²) >= 11 is 4.40. The monoisotopic (exact) mass is 1000 g/mol. The van der Waals surface area contributed by atoms with Crippen molar-refractivity contribution < 1.29 is 37.5 Å². The van der Waals surface area contributed by atoms with Crippen LogP contribution in [0.5, 0.6) is 0 Å². The Hall–Kier alpha value is -1.52. The molecule has 1 N–H and O–H groups in total. The third-order valence-corrected chi connectivity index (χ3v) is 9.79. The molecule has 0 spiro atoms. The van der Waals surface area contributed by atoms with E-state index in [9.17, 15) is 0 Å². The number of ether oxygens (including phenoxy) is 3. The molecule has 2 unspecified atom stereocenters. The van der Waals surface area contributed by atoms with E-state index in [1.807, 2.05) is 133 Å². The summed E-state index contributed by atoms with van der Waals surface area (Å²) in [5.74, 6) is 0. The highest BCUT2D eigenvalue weighted by atomic mass is 127. The summed E-state index contributed by atoms with van der Waals surface area (Å²) in [7, 11) is -0.891. The molecule has 2 fully saturated rings. The van der Waals surface area contributed by atoms with Crippen molar-refractivity contribution in [2.24, 2.45) is 0 Å². The zero-order chi connectivity index (χ0) is 41.3. The van der Waals surface area contributed by atoms with Gasteiger partial charge in [-0.15, -0.1) is 0 Å². The van der Waals surface area contributed by atoms with E-state index < -0.39 is 7.32 Å². The predicted octanol–water partition coefficient (Wildman–Crippen LogP) is 8.60. The topological polar surface area (TPSA) is 138 Å². The molecular formula is C37H68B2I2N6O8. The first-order chi connectivity index (χ1) is 25.1. The molecule has 3 aromatic heterocycles. The molecule has 0 amide bonds. The molecule has 3 aromatic rings. The summed E-state index contributed by atoms with van der Waals surface area (Å²) in [5.41, 5.74) is -0.333. The number of hydrogen-bond acceptors (Lipinski definition) is 11. The van der Waals surface area contributed by atoms with Crippen LogP contribution in [0.1, 0.15) is 124 Å². The predicted molar refractivity (Wildman–Crippen MR) is 238 cm³/mol. The number of aromatic amines is 1. The van der Waals surface area contributed by atoms with Gasteiger partial charge in [-0.05, 0) is 149 Å². The van der Waals surface area contributed by atoms with Crippen LogP contribution in [-0.4, -0.2) is 92.5 Å². The van der Waals surface area contributed by atoms with Crippen LogP contribution in [-0.2, 0) is 37.5 Å². The molecule has 2 atom stereocenters. The Morgan fingerprint density at radius 1 is 0.745 bits per heavy atom. The van der Waals surface area contributed by atoms with Gasteiger partial charge in [-0.3, -0.25) is 5.10 Å². The second kappa shape index (κ2) is 25.1. The van der Waals surface area contributed by atoms with Gasteiger partial charge in [-0.25, -0.2) is 9.36 Å². The summed E-state index contributed by atoms with van der Waals surface area (Å²) in [5, 5.41) is 14.8. The first-order valence-corrected chi connectivity index (χ1v) is 20.4. The smallest absolute Gasteiger partial charge is 0.502 e. The second-order valence-corrected chi connectivity index (χ2v) is 16.8. The summed E-state index contributed by atoms with van der Waals surface area (Å²) < 4.78 is 50.0. The van der Waals surface area contributed by atoms with Crippen molar-refractivity contribution in [3.05, 3.63) is 57.2 Å². The molecule has 55 heavy (non-hydrogen) atoms. The van der Waals surface area contributed by atoms with Gasteiger partial charge in [-0.1, -0.05) is 14.0 Å². The Bertz CT molecular complexity index is 1420. The Labute approximate surface area is 359 Å². The maximum Gasteiger partial charge on any atom is 0.640 e. The number of hydrogen-bond donors (Lipinski definition) is 1. The van der Waals surface area contributed by atoms with E-state index in [1.165, 1.54) is 6.26 Å². The van der Waals surface area contributed by atoms with E-state index in [0.29, 0.717) is 6.61 Å². The third-order valence-electron chi connectivity index (χ3n) is 8.64. The number of halogens is 2. The van der Waals surface area contributed by atoms with Crippen LogP contribution in [0.15, 0.2) is 50.0 Å². The first kappa shape index (κ1) is 53.5. The van der Waals surface area contributed by atoms with E-state index in [4.69, 9.17) is 32.7 Å². The molecule has 314 valence electrons. The first-order valence-electron chi connectivity index (χ1n) is 18.3. The van der Waals surface area contributed by atoms with Crippen LogP contribution in [0.4, 0.5) is 0 Å². The zero-order valence-electron chi connectivity index (χ0n) is 35.0. The van der Waals surface area contributed by atoms with Crippen LogP contribution in [0, 0.1) is 7.14 Å². The lowest BCUT2D eigenvalue weighted by molar-refractivity contribution is 0.00578. The van der Waals surface area contributed by atoms with Gasteiger partial charge in [0.1, 0.15) is 12.5 Å². The van der Waals surface area contributed by atoms with E-state index in [0.717, 1.165) is 25.8 Å². The average Bonchev–Trinajstić information content (AvgIpc) is 3.88. The summed E-state index contributed by atoms with van der Waals surface area (Å²) in [4.78, 5) is 0. The Kier molecular flexibility index (Phi) is 24.4. The van der Waals surface area contributed by atoms with Crippen molar-refractivity contribution >= 4 is 65.1 Å². The highest BCUT2D eigenvalue weighted by molar-refractivity contribution is 14.1. The van der Waals surface area contributed by atoms with Crippen LogP contribution in [0.25, 0.3) is 0 Å². The van der Waals surface area contributed by atoms with Gasteiger partial charge in [-0.2, -0.15) is 15.3 Å². The fourth-order valence-electron chi connectivity index (χ4n) is 4.22. The zero-order valence-corrected chi connectivity index (χ0v) is 39.3. The normalized spacial score (nSPS) is 18.1. The number of nitrogens with one attached hydrogen (secondary N) is 1. The number of rotatable bonds is 11. The molecule has 14 nitrogen and oxygen atoms in total. The number of H-pyrrole nitrogens is 1. The highest BCUT2D eigenvalue weighted by Gasteiger charge is 2.53. The van der Waals surface area contributed by atoms with Gasteiger partial charge in [0.15, 0.2) is 0 Å². The largest absolute Gasteiger partial charge is 0.640 e. The van der Waals surface area contributed by atoms with Crippen molar-refractivity contribution in [1.29, 1.82) is 0 Å². The lowest BCUT2D eigenvalue weighted by Crippen LogP contribution is -2.41. The van der Waals surface area contributed by atoms with Gasteiger partial charge < -0.3 is 37.5 Å². The average molecular weight is 1000 g/mol. The van der Waals surface area contributed by atoms with Crippen LogP contribution >= 0.6 is 45.2 Å². The molecular weight excluding hydrogens is 932 g/mol. The van der Waals surface area contributed by atoms with E-state index in [1.54, 1.807) is 17.1 Å². The third kappa shape index (κ3) is 18.3. The molecule has 5 rings (SSSR count). The second-order valence-electron chi connectivity index (χ2n) is 14.4. The lowest BCUT2D eigenvalue weighted by Gasteiger charge is -2.32. The van der Waals surface area contributed by atoms with Crippen molar-refractivity contribution in [2.45, 2.75) is 152 Å². The van der Waals surface area contributed by atoms with Crippen molar-refractivity contribution in [1.82, 2.24) is 29.8 Å². The van der Waals surface area contributed by atoms with Gasteiger partial charge in [0.2, 0.25) is 0 Å². The maximum atomic E-state index is 5.99. The molecule has 0 radical (unpaired) electrons. The fraction of sp³-hybridized carbons (Fsp3) is 0.703. The fourth-order valence-corrected chi connectivity index (χ4v) is 4.91. The van der Waals surface area contributed by atoms with Gasteiger partial charge in [0, 0.05) is 49.6 Å². The van der Waals surface area contributed by atoms with Crippen molar-refractivity contribution in [3.8, 4) is 0 Å².